The molecule has 1 aromatic carbocycles. The number of amides is 1. The lowest BCUT2D eigenvalue weighted by Crippen LogP contribution is -2.13. The second-order valence-electron chi connectivity index (χ2n) is 3.07. The van der Waals surface area contributed by atoms with Gasteiger partial charge >= 0.3 is 12.1 Å². The number of benzene rings is 1. The van der Waals surface area contributed by atoms with Gasteiger partial charge in [0.1, 0.15) is 11.3 Å². The average Bonchev–Trinajstić information content (AvgIpc) is 2.29. The van der Waals surface area contributed by atoms with E-state index in [1.54, 1.807) is 6.92 Å². The third kappa shape index (κ3) is 3.37. The Morgan fingerprint density at radius 1 is 1.41 bits per heavy atom. The monoisotopic (exact) mass is 239 g/mol. The highest BCUT2D eigenvalue weighted by atomic mass is 16.5. The van der Waals surface area contributed by atoms with E-state index in [1.165, 1.54) is 25.3 Å². The van der Waals surface area contributed by atoms with Gasteiger partial charge in [-0.3, -0.25) is 5.32 Å². The average molecular weight is 239 g/mol. The molecule has 92 valence electrons. The lowest BCUT2D eigenvalue weighted by atomic mass is 10.2. The van der Waals surface area contributed by atoms with Crippen molar-refractivity contribution in [3.05, 3.63) is 23.8 Å². The van der Waals surface area contributed by atoms with E-state index >= 15 is 0 Å². The predicted octanol–water partition coefficient (Wildman–Crippen LogP) is 1.96. The summed E-state index contributed by atoms with van der Waals surface area (Å²) in [6, 6.07) is 4.30. The van der Waals surface area contributed by atoms with Crippen LogP contribution in [0.2, 0.25) is 0 Å². The largest absolute Gasteiger partial charge is 0.496 e. The lowest BCUT2D eigenvalue weighted by molar-refractivity contribution is 0.0693. The first-order valence-electron chi connectivity index (χ1n) is 4.93. The van der Waals surface area contributed by atoms with Crippen molar-refractivity contribution in [1.29, 1.82) is 0 Å². The highest BCUT2D eigenvalue weighted by Crippen LogP contribution is 2.22. The number of anilines is 1. The molecule has 0 aliphatic heterocycles. The van der Waals surface area contributed by atoms with E-state index in [0.29, 0.717) is 5.69 Å². The summed E-state index contributed by atoms with van der Waals surface area (Å²) in [5.41, 5.74) is 0.309. The summed E-state index contributed by atoms with van der Waals surface area (Å²) in [5.74, 6) is -0.902. The van der Waals surface area contributed by atoms with Gasteiger partial charge < -0.3 is 14.6 Å². The lowest BCUT2D eigenvalue weighted by Gasteiger charge is -2.08. The van der Waals surface area contributed by atoms with Gasteiger partial charge in [-0.1, -0.05) is 0 Å². The molecule has 0 bridgehead atoms. The molecule has 6 heteroatoms. The number of ether oxygens (including phenoxy) is 2. The summed E-state index contributed by atoms with van der Waals surface area (Å²) in [7, 11) is 1.38. The van der Waals surface area contributed by atoms with E-state index < -0.39 is 12.1 Å². The standard InChI is InChI=1S/C11H13NO5/c1-3-17-11(15)12-7-4-5-9(16-2)8(6-7)10(13)14/h4-6H,3H2,1-2H3,(H,12,15)(H,13,14). The van der Waals surface area contributed by atoms with Crippen molar-refractivity contribution in [2.45, 2.75) is 6.92 Å². The smallest absolute Gasteiger partial charge is 0.411 e. The molecule has 0 atom stereocenters. The van der Waals surface area contributed by atoms with Gasteiger partial charge in [0.05, 0.1) is 13.7 Å². The maximum Gasteiger partial charge on any atom is 0.411 e. The Morgan fingerprint density at radius 2 is 2.12 bits per heavy atom. The highest BCUT2D eigenvalue weighted by molar-refractivity contribution is 5.94. The number of carboxylic acid groups (broad SMARTS) is 1. The van der Waals surface area contributed by atoms with Gasteiger partial charge in [0, 0.05) is 5.69 Å². The van der Waals surface area contributed by atoms with Crippen LogP contribution in [0.3, 0.4) is 0 Å². The van der Waals surface area contributed by atoms with Gasteiger partial charge in [0.15, 0.2) is 0 Å². The molecule has 6 nitrogen and oxygen atoms in total. The number of methoxy groups -OCH3 is 1. The van der Waals surface area contributed by atoms with Crippen molar-refractivity contribution in [2.75, 3.05) is 19.0 Å². The Kier molecular flexibility index (Phi) is 4.33. The van der Waals surface area contributed by atoms with Crippen LogP contribution >= 0.6 is 0 Å². The summed E-state index contributed by atoms with van der Waals surface area (Å²) in [6.45, 7) is 1.92. The Labute approximate surface area is 98.2 Å². The molecule has 0 radical (unpaired) electrons. The number of rotatable bonds is 4. The molecular weight excluding hydrogens is 226 g/mol. The zero-order valence-corrected chi connectivity index (χ0v) is 9.52. The van der Waals surface area contributed by atoms with E-state index in [1.807, 2.05) is 0 Å². The first-order valence-corrected chi connectivity index (χ1v) is 4.93. The Hall–Kier alpha value is -2.24. The minimum Gasteiger partial charge on any atom is -0.496 e. The zero-order valence-electron chi connectivity index (χ0n) is 9.52. The van der Waals surface area contributed by atoms with Crippen LogP contribution in [0, 0.1) is 0 Å². The summed E-state index contributed by atoms with van der Waals surface area (Å²) in [4.78, 5) is 22.1. The van der Waals surface area contributed by atoms with Crippen LogP contribution < -0.4 is 10.1 Å². The van der Waals surface area contributed by atoms with Crippen LogP contribution in [-0.4, -0.2) is 30.9 Å². The van der Waals surface area contributed by atoms with Gasteiger partial charge in [-0.2, -0.15) is 0 Å². The molecule has 0 aliphatic carbocycles. The third-order valence-corrected chi connectivity index (χ3v) is 1.95. The van der Waals surface area contributed by atoms with Crippen LogP contribution in [0.4, 0.5) is 10.5 Å². The van der Waals surface area contributed by atoms with E-state index in [2.05, 4.69) is 10.1 Å². The molecule has 0 fully saturated rings. The van der Waals surface area contributed by atoms with Crippen LogP contribution in [0.25, 0.3) is 0 Å². The van der Waals surface area contributed by atoms with Gasteiger partial charge in [-0.05, 0) is 25.1 Å². The molecule has 0 aromatic heterocycles. The molecule has 0 heterocycles. The van der Waals surface area contributed by atoms with Crippen molar-refractivity contribution >= 4 is 17.7 Å². The Bertz CT molecular complexity index is 430. The molecule has 1 amide bonds. The van der Waals surface area contributed by atoms with Crippen molar-refractivity contribution < 1.29 is 24.2 Å². The second kappa shape index (κ2) is 5.74. The summed E-state index contributed by atoms with van der Waals surface area (Å²) in [6.07, 6.45) is -0.631. The zero-order chi connectivity index (χ0) is 12.8. The van der Waals surface area contributed by atoms with Gasteiger partial charge in [-0.25, -0.2) is 9.59 Å². The maximum absolute atomic E-state index is 11.1. The first-order chi connectivity index (χ1) is 8.08. The van der Waals surface area contributed by atoms with Crippen molar-refractivity contribution in [2.24, 2.45) is 0 Å². The normalized spacial score (nSPS) is 9.53. The fraction of sp³-hybridized carbons (Fsp3) is 0.273. The number of carbonyl (C=O) groups excluding carboxylic acids is 1. The topological polar surface area (TPSA) is 84.9 Å². The molecule has 1 rings (SSSR count). The molecule has 0 aliphatic rings. The second-order valence-corrected chi connectivity index (χ2v) is 3.07. The molecule has 0 saturated heterocycles. The summed E-state index contributed by atoms with van der Waals surface area (Å²) < 4.78 is 9.56. The molecule has 1 aromatic rings. The number of hydrogen-bond donors (Lipinski definition) is 2. The summed E-state index contributed by atoms with van der Waals surface area (Å²) >= 11 is 0. The number of aromatic carboxylic acids is 1. The molecule has 0 spiro atoms. The van der Waals surface area contributed by atoms with Crippen LogP contribution in [-0.2, 0) is 4.74 Å². The van der Waals surface area contributed by atoms with E-state index in [4.69, 9.17) is 9.84 Å². The van der Waals surface area contributed by atoms with E-state index in [9.17, 15) is 9.59 Å². The van der Waals surface area contributed by atoms with Crippen molar-refractivity contribution in [3.8, 4) is 5.75 Å². The first kappa shape index (κ1) is 12.8. The molecule has 0 saturated carbocycles. The van der Waals surface area contributed by atoms with Gasteiger partial charge in [-0.15, -0.1) is 0 Å². The number of hydrogen-bond acceptors (Lipinski definition) is 4. The molecular formula is C11H13NO5. The number of nitrogens with one attached hydrogen (secondary N) is 1. The Balaban J connectivity index is 2.92. The molecule has 0 unspecified atom stereocenters. The van der Waals surface area contributed by atoms with Crippen LogP contribution in [0.15, 0.2) is 18.2 Å². The number of carbonyl (C=O) groups is 2. The fourth-order valence-electron chi connectivity index (χ4n) is 1.24. The molecule has 2 N–H and O–H groups in total. The third-order valence-electron chi connectivity index (χ3n) is 1.95. The SMILES string of the molecule is CCOC(=O)Nc1ccc(OC)c(C(=O)O)c1. The number of carboxylic acids is 1. The van der Waals surface area contributed by atoms with Gasteiger partial charge in [0.2, 0.25) is 0 Å². The molecule has 17 heavy (non-hydrogen) atoms. The fourth-order valence-corrected chi connectivity index (χ4v) is 1.24. The van der Waals surface area contributed by atoms with Crippen LogP contribution in [0.5, 0.6) is 5.75 Å². The summed E-state index contributed by atoms with van der Waals surface area (Å²) in [5, 5.41) is 11.3. The van der Waals surface area contributed by atoms with Crippen LogP contribution in [0.1, 0.15) is 17.3 Å². The van der Waals surface area contributed by atoms with Gasteiger partial charge in [0.25, 0.3) is 0 Å². The van der Waals surface area contributed by atoms with Crippen molar-refractivity contribution in [3.63, 3.8) is 0 Å². The highest BCUT2D eigenvalue weighted by Gasteiger charge is 2.12. The Morgan fingerprint density at radius 3 is 2.65 bits per heavy atom. The minimum absolute atomic E-state index is 0.0261. The maximum atomic E-state index is 11.1. The predicted molar refractivity (Wildman–Crippen MR) is 60.6 cm³/mol. The van der Waals surface area contributed by atoms with E-state index in [0.717, 1.165) is 0 Å². The minimum atomic E-state index is -1.13. The quantitative estimate of drug-likeness (QED) is 0.838. The van der Waals surface area contributed by atoms with E-state index in [-0.39, 0.29) is 17.9 Å². The van der Waals surface area contributed by atoms with Crippen molar-refractivity contribution in [1.82, 2.24) is 0 Å².